The molecule has 0 aliphatic carbocycles. The first-order chi connectivity index (χ1) is 10.3. The molecule has 1 aliphatic heterocycles. The SMILES string of the molecule is Cc1ccnc(Nc2nc3c(s2)COCc2[nH]ncc2-3)n1. The first-order valence-corrected chi connectivity index (χ1v) is 7.28. The van der Waals surface area contributed by atoms with E-state index in [0.717, 1.165) is 32.7 Å². The first-order valence-electron chi connectivity index (χ1n) is 6.46. The summed E-state index contributed by atoms with van der Waals surface area (Å²) in [6.45, 7) is 3.00. The summed E-state index contributed by atoms with van der Waals surface area (Å²) in [5, 5.41) is 10.9. The number of rotatable bonds is 2. The lowest BCUT2D eigenvalue weighted by Crippen LogP contribution is -1.97. The van der Waals surface area contributed by atoms with Gasteiger partial charge in [-0.2, -0.15) is 5.10 Å². The molecule has 0 amide bonds. The summed E-state index contributed by atoms with van der Waals surface area (Å²) in [4.78, 5) is 14.2. The Kier molecular flexibility index (Phi) is 2.90. The van der Waals surface area contributed by atoms with Crippen molar-refractivity contribution in [1.82, 2.24) is 25.1 Å². The molecule has 0 radical (unpaired) electrons. The number of aryl methyl sites for hydroxylation is 1. The number of H-pyrrole nitrogens is 1. The lowest BCUT2D eigenvalue weighted by atomic mass is 10.2. The van der Waals surface area contributed by atoms with Gasteiger partial charge in [-0.05, 0) is 13.0 Å². The summed E-state index contributed by atoms with van der Waals surface area (Å²) in [6.07, 6.45) is 3.51. The average Bonchev–Trinajstić information content (AvgIpc) is 3.03. The van der Waals surface area contributed by atoms with Crippen LogP contribution in [0.2, 0.25) is 0 Å². The van der Waals surface area contributed by atoms with Gasteiger partial charge in [-0.1, -0.05) is 11.3 Å². The molecule has 8 heteroatoms. The average molecular weight is 300 g/mol. The second-order valence-electron chi connectivity index (χ2n) is 4.69. The number of aromatic amines is 1. The quantitative estimate of drug-likeness (QED) is 0.755. The largest absolute Gasteiger partial charge is 0.370 e. The maximum Gasteiger partial charge on any atom is 0.229 e. The van der Waals surface area contributed by atoms with Gasteiger partial charge >= 0.3 is 0 Å². The molecule has 0 atom stereocenters. The zero-order valence-corrected chi connectivity index (χ0v) is 12.1. The van der Waals surface area contributed by atoms with E-state index in [1.807, 2.05) is 13.0 Å². The third-order valence-electron chi connectivity index (χ3n) is 3.16. The molecule has 3 aromatic heterocycles. The van der Waals surface area contributed by atoms with E-state index in [1.54, 1.807) is 23.7 Å². The number of ether oxygens (including phenoxy) is 1. The van der Waals surface area contributed by atoms with Crippen molar-refractivity contribution in [2.45, 2.75) is 20.1 Å². The first kappa shape index (κ1) is 12.4. The molecule has 0 unspecified atom stereocenters. The maximum absolute atomic E-state index is 5.63. The van der Waals surface area contributed by atoms with E-state index in [0.29, 0.717) is 19.2 Å². The highest BCUT2D eigenvalue weighted by Gasteiger charge is 2.21. The van der Waals surface area contributed by atoms with E-state index in [-0.39, 0.29) is 0 Å². The van der Waals surface area contributed by atoms with Crippen molar-refractivity contribution in [2.24, 2.45) is 0 Å². The summed E-state index contributed by atoms with van der Waals surface area (Å²) in [6, 6.07) is 1.85. The van der Waals surface area contributed by atoms with E-state index < -0.39 is 0 Å². The standard InChI is InChI=1S/C13H12N6OS/c1-7-2-3-14-12(16-7)18-13-17-11-8-4-15-19-9(8)5-20-6-10(11)21-13/h2-4H,5-6H2,1H3,(H,15,19)(H,14,16,17,18). The van der Waals surface area contributed by atoms with Crippen molar-refractivity contribution in [1.29, 1.82) is 0 Å². The zero-order chi connectivity index (χ0) is 14.2. The van der Waals surface area contributed by atoms with Crippen molar-refractivity contribution >= 4 is 22.4 Å². The van der Waals surface area contributed by atoms with E-state index in [9.17, 15) is 0 Å². The van der Waals surface area contributed by atoms with Gasteiger partial charge in [-0.25, -0.2) is 15.0 Å². The summed E-state index contributed by atoms with van der Waals surface area (Å²) in [5.74, 6) is 0.548. The molecule has 0 fully saturated rings. The van der Waals surface area contributed by atoms with Gasteiger partial charge in [-0.15, -0.1) is 0 Å². The maximum atomic E-state index is 5.63. The van der Waals surface area contributed by atoms with Crippen LogP contribution >= 0.6 is 11.3 Å². The fourth-order valence-electron chi connectivity index (χ4n) is 2.19. The van der Waals surface area contributed by atoms with Gasteiger partial charge in [0.2, 0.25) is 5.95 Å². The minimum atomic E-state index is 0.530. The summed E-state index contributed by atoms with van der Waals surface area (Å²) < 4.78 is 5.63. The van der Waals surface area contributed by atoms with Crippen molar-refractivity contribution in [3.8, 4) is 11.3 Å². The predicted molar refractivity (Wildman–Crippen MR) is 78.2 cm³/mol. The van der Waals surface area contributed by atoms with Gasteiger partial charge in [0, 0.05) is 17.5 Å². The molecule has 21 heavy (non-hydrogen) atoms. The van der Waals surface area contributed by atoms with Crippen molar-refractivity contribution < 1.29 is 4.74 Å². The van der Waals surface area contributed by atoms with Crippen LogP contribution in [-0.2, 0) is 18.0 Å². The predicted octanol–water partition coefficient (Wildman–Crippen LogP) is 2.41. The second-order valence-corrected chi connectivity index (χ2v) is 5.78. The van der Waals surface area contributed by atoms with Crippen molar-refractivity contribution in [3.05, 3.63) is 34.7 Å². The molecular formula is C13H12N6OS. The highest BCUT2D eigenvalue weighted by Crippen LogP contribution is 2.36. The molecule has 0 spiro atoms. The van der Waals surface area contributed by atoms with Crippen LogP contribution in [0.5, 0.6) is 0 Å². The van der Waals surface area contributed by atoms with Gasteiger partial charge < -0.3 is 10.1 Å². The number of fused-ring (bicyclic) bond motifs is 3. The second kappa shape index (κ2) is 4.90. The normalized spacial score (nSPS) is 13.4. The molecule has 0 aromatic carbocycles. The highest BCUT2D eigenvalue weighted by molar-refractivity contribution is 7.16. The Morgan fingerprint density at radius 1 is 1.33 bits per heavy atom. The van der Waals surface area contributed by atoms with Crippen LogP contribution in [0.3, 0.4) is 0 Å². The summed E-state index contributed by atoms with van der Waals surface area (Å²) >= 11 is 1.55. The van der Waals surface area contributed by atoms with Crippen molar-refractivity contribution in [3.63, 3.8) is 0 Å². The number of anilines is 2. The van der Waals surface area contributed by atoms with Crippen molar-refractivity contribution in [2.75, 3.05) is 5.32 Å². The Morgan fingerprint density at radius 2 is 2.29 bits per heavy atom. The van der Waals surface area contributed by atoms with Gasteiger partial charge in [0.05, 0.1) is 35.7 Å². The number of hydrogen-bond acceptors (Lipinski definition) is 7. The van der Waals surface area contributed by atoms with Crippen LogP contribution in [0.1, 0.15) is 16.3 Å². The van der Waals surface area contributed by atoms with E-state index in [4.69, 9.17) is 4.74 Å². The van der Waals surface area contributed by atoms with Gasteiger partial charge in [-0.3, -0.25) is 5.10 Å². The number of aromatic nitrogens is 5. The zero-order valence-electron chi connectivity index (χ0n) is 11.3. The monoisotopic (exact) mass is 300 g/mol. The van der Waals surface area contributed by atoms with Crippen LogP contribution in [0.25, 0.3) is 11.3 Å². The molecule has 0 bridgehead atoms. The molecule has 4 rings (SSSR count). The van der Waals surface area contributed by atoms with Crippen LogP contribution < -0.4 is 5.32 Å². The van der Waals surface area contributed by atoms with Gasteiger partial charge in [0.1, 0.15) is 0 Å². The Bertz CT molecular complexity index is 796. The van der Waals surface area contributed by atoms with Crippen LogP contribution in [0, 0.1) is 6.92 Å². The minimum Gasteiger partial charge on any atom is -0.370 e. The van der Waals surface area contributed by atoms with Gasteiger partial charge in [0.15, 0.2) is 5.13 Å². The lowest BCUT2D eigenvalue weighted by molar-refractivity contribution is 0.109. The van der Waals surface area contributed by atoms with E-state index >= 15 is 0 Å². The molecule has 0 saturated heterocycles. The third-order valence-corrected chi connectivity index (χ3v) is 4.11. The number of nitrogens with zero attached hydrogens (tertiary/aromatic N) is 4. The van der Waals surface area contributed by atoms with Gasteiger partial charge in [0.25, 0.3) is 0 Å². The highest BCUT2D eigenvalue weighted by atomic mass is 32.1. The summed E-state index contributed by atoms with van der Waals surface area (Å²) in [7, 11) is 0. The Morgan fingerprint density at radius 3 is 3.19 bits per heavy atom. The third kappa shape index (κ3) is 2.28. The number of hydrogen-bond donors (Lipinski definition) is 2. The molecule has 7 nitrogen and oxygen atoms in total. The molecule has 4 heterocycles. The molecule has 1 aliphatic rings. The number of thiazole rings is 1. The Balaban J connectivity index is 1.70. The van der Waals surface area contributed by atoms with Crippen LogP contribution in [0.15, 0.2) is 18.5 Å². The molecule has 0 saturated carbocycles. The number of nitrogens with one attached hydrogen (secondary N) is 2. The van der Waals surface area contributed by atoms with E-state index in [1.165, 1.54) is 0 Å². The Hall–Kier alpha value is -2.32. The molecule has 2 N–H and O–H groups in total. The van der Waals surface area contributed by atoms with Crippen LogP contribution in [-0.4, -0.2) is 25.1 Å². The minimum absolute atomic E-state index is 0.530. The fourth-order valence-corrected chi connectivity index (χ4v) is 3.10. The summed E-state index contributed by atoms with van der Waals surface area (Å²) in [5.41, 5.74) is 3.77. The lowest BCUT2D eigenvalue weighted by Gasteiger charge is -2.01. The smallest absolute Gasteiger partial charge is 0.229 e. The molecule has 106 valence electrons. The topological polar surface area (TPSA) is 88.6 Å². The fraction of sp³-hybridized carbons (Fsp3) is 0.231. The Labute approximate surface area is 124 Å². The molecular weight excluding hydrogens is 288 g/mol. The van der Waals surface area contributed by atoms with E-state index in [2.05, 4.69) is 30.5 Å². The molecule has 3 aromatic rings. The van der Waals surface area contributed by atoms with Crippen LogP contribution in [0.4, 0.5) is 11.1 Å².